The third-order valence-corrected chi connectivity index (χ3v) is 3.85. The van der Waals surface area contributed by atoms with E-state index in [-0.39, 0.29) is 0 Å². The van der Waals surface area contributed by atoms with Crippen molar-refractivity contribution in [3.8, 4) is 12.3 Å². The van der Waals surface area contributed by atoms with Gasteiger partial charge >= 0.3 is 0 Å². The minimum Gasteiger partial charge on any atom is -0.303 e. The highest BCUT2D eigenvalue weighted by atomic mass is 14.9. The molecule has 0 aromatic rings. The van der Waals surface area contributed by atoms with Crippen molar-refractivity contribution in [2.24, 2.45) is 11.8 Å². The summed E-state index contributed by atoms with van der Waals surface area (Å²) in [6.07, 6.45) is 15.0. The largest absolute Gasteiger partial charge is 0.303 e. The summed E-state index contributed by atoms with van der Waals surface area (Å²) in [7, 11) is 0. The molecular formula is C15H27N. The van der Waals surface area contributed by atoms with E-state index in [4.69, 9.17) is 6.42 Å². The summed E-state index contributed by atoms with van der Waals surface area (Å²) in [5, 5.41) is 3.50. The third-order valence-electron chi connectivity index (χ3n) is 3.85. The molecule has 1 aliphatic rings. The van der Waals surface area contributed by atoms with Gasteiger partial charge in [-0.1, -0.05) is 45.5 Å². The number of terminal acetylenes is 1. The van der Waals surface area contributed by atoms with E-state index in [2.05, 4.69) is 25.1 Å². The molecule has 0 amide bonds. The quantitative estimate of drug-likeness (QED) is 0.676. The second-order valence-corrected chi connectivity index (χ2v) is 5.17. The van der Waals surface area contributed by atoms with E-state index >= 15 is 0 Å². The molecule has 1 fully saturated rings. The van der Waals surface area contributed by atoms with Gasteiger partial charge in [-0.05, 0) is 37.6 Å². The van der Waals surface area contributed by atoms with Gasteiger partial charge in [-0.2, -0.15) is 0 Å². The van der Waals surface area contributed by atoms with Gasteiger partial charge < -0.3 is 5.32 Å². The maximum absolute atomic E-state index is 5.63. The van der Waals surface area contributed by atoms with Gasteiger partial charge in [0.05, 0.1) is 6.04 Å². The number of rotatable bonds is 6. The van der Waals surface area contributed by atoms with Crippen LogP contribution in [0.3, 0.4) is 0 Å². The standard InChI is InChI=1S/C15H27N/c1-4-7-13-8-10-14(11-9-13)15(6-3)16-12-5-2/h3,13-16H,4-5,7-12H2,1-2H3. The molecule has 0 spiro atoms. The van der Waals surface area contributed by atoms with Gasteiger partial charge in [0.15, 0.2) is 0 Å². The smallest absolute Gasteiger partial charge is 0.0715 e. The van der Waals surface area contributed by atoms with Crippen LogP contribution in [0.25, 0.3) is 0 Å². The van der Waals surface area contributed by atoms with Crippen molar-refractivity contribution in [2.45, 2.75) is 64.8 Å². The molecule has 0 saturated heterocycles. The minimum atomic E-state index is 0.322. The number of hydrogen-bond donors (Lipinski definition) is 1. The first-order valence-corrected chi connectivity index (χ1v) is 7.01. The topological polar surface area (TPSA) is 12.0 Å². The van der Waals surface area contributed by atoms with E-state index < -0.39 is 0 Å². The molecular weight excluding hydrogens is 194 g/mol. The van der Waals surface area contributed by atoms with Crippen LogP contribution in [0, 0.1) is 24.2 Å². The van der Waals surface area contributed by atoms with Gasteiger partial charge in [0.1, 0.15) is 0 Å². The molecule has 92 valence electrons. The van der Waals surface area contributed by atoms with Crippen molar-refractivity contribution in [3.05, 3.63) is 0 Å². The van der Waals surface area contributed by atoms with Gasteiger partial charge in [0, 0.05) is 0 Å². The van der Waals surface area contributed by atoms with Crippen LogP contribution < -0.4 is 5.32 Å². The fourth-order valence-corrected chi connectivity index (χ4v) is 2.88. The van der Waals surface area contributed by atoms with Crippen LogP contribution in [-0.2, 0) is 0 Å². The van der Waals surface area contributed by atoms with Crippen LogP contribution in [0.15, 0.2) is 0 Å². The fraction of sp³-hybridized carbons (Fsp3) is 0.867. The second-order valence-electron chi connectivity index (χ2n) is 5.17. The molecule has 1 heteroatoms. The Hall–Kier alpha value is -0.480. The second kappa shape index (κ2) is 7.74. The molecule has 0 aromatic carbocycles. The first kappa shape index (κ1) is 13.6. The Kier molecular flexibility index (Phi) is 6.57. The zero-order valence-corrected chi connectivity index (χ0v) is 11.0. The van der Waals surface area contributed by atoms with Gasteiger partial charge in [-0.25, -0.2) is 0 Å². The Morgan fingerprint density at radius 3 is 2.38 bits per heavy atom. The monoisotopic (exact) mass is 221 g/mol. The predicted molar refractivity (Wildman–Crippen MR) is 71.3 cm³/mol. The SMILES string of the molecule is C#CC(NCCC)C1CCC(CCC)CC1. The van der Waals surface area contributed by atoms with E-state index in [0.717, 1.165) is 18.4 Å². The average molecular weight is 221 g/mol. The molecule has 1 rings (SSSR count). The number of nitrogens with one attached hydrogen (secondary N) is 1. The predicted octanol–water partition coefficient (Wildman–Crippen LogP) is 3.59. The summed E-state index contributed by atoms with van der Waals surface area (Å²) in [6, 6.07) is 0.322. The molecule has 0 heterocycles. The van der Waals surface area contributed by atoms with Crippen LogP contribution in [0.5, 0.6) is 0 Å². The van der Waals surface area contributed by atoms with Gasteiger partial charge in [-0.15, -0.1) is 6.42 Å². The Morgan fingerprint density at radius 1 is 1.19 bits per heavy atom. The van der Waals surface area contributed by atoms with E-state index in [1.54, 1.807) is 0 Å². The Morgan fingerprint density at radius 2 is 1.88 bits per heavy atom. The molecule has 0 aliphatic heterocycles. The van der Waals surface area contributed by atoms with Gasteiger partial charge in [0.25, 0.3) is 0 Å². The molecule has 1 saturated carbocycles. The Balaban J connectivity index is 2.30. The summed E-state index contributed by atoms with van der Waals surface area (Å²) in [6.45, 7) is 5.54. The first-order valence-electron chi connectivity index (χ1n) is 7.01. The molecule has 1 N–H and O–H groups in total. The summed E-state index contributed by atoms with van der Waals surface area (Å²) in [5.41, 5.74) is 0. The third kappa shape index (κ3) is 4.18. The lowest BCUT2D eigenvalue weighted by Gasteiger charge is -2.32. The van der Waals surface area contributed by atoms with Crippen LogP contribution in [0.4, 0.5) is 0 Å². The van der Waals surface area contributed by atoms with Crippen LogP contribution in [0.2, 0.25) is 0 Å². The maximum atomic E-state index is 5.63. The summed E-state index contributed by atoms with van der Waals surface area (Å²) >= 11 is 0. The lowest BCUT2D eigenvalue weighted by Crippen LogP contribution is -2.37. The van der Waals surface area contributed by atoms with E-state index in [9.17, 15) is 0 Å². The molecule has 0 aromatic heterocycles. The highest BCUT2D eigenvalue weighted by Crippen LogP contribution is 2.33. The highest BCUT2D eigenvalue weighted by Gasteiger charge is 2.25. The first-order chi connectivity index (χ1) is 7.81. The zero-order chi connectivity index (χ0) is 11.8. The molecule has 1 atom stereocenters. The van der Waals surface area contributed by atoms with Gasteiger partial charge in [0.2, 0.25) is 0 Å². The lowest BCUT2D eigenvalue weighted by molar-refractivity contribution is 0.236. The molecule has 0 bridgehead atoms. The van der Waals surface area contributed by atoms with E-state index in [1.165, 1.54) is 44.9 Å². The minimum absolute atomic E-state index is 0.322. The van der Waals surface area contributed by atoms with Gasteiger partial charge in [-0.3, -0.25) is 0 Å². The van der Waals surface area contributed by atoms with Crippen LogP contribution in [0.1, 0.15) is 58.8 Å². The molecule has 1 aliphatic carbocycles. The highest BCUT2D eigenvalue weighted by molar-refractivity contribution is 5.03. The van der Waals surface area contributed by atoms with Crippen molar-refractivity contribution in [2.75, 3.05) is 6.54 Å². The molecule has 1 unspecified atom stereocenters. The Labute approximate surface area is 101 Å². The summed E-state index contributed by atoms with van der Waals surface area (Å²) in [5.74, 6) is 4.65. The van der Waals surface area contributed by atoms with Crippen molar-refractivity contribution in [3.63, 3.8) is 0 Å². The normalized spacial score (nSPS) is 27.3. The van der Waals surface area contributed by atoms with E-state index in [1.807, 2.05) is 0 Å². The number of hydrogen-bond acceptors (Lipinski definition) is 1. The zero-order valence-electron chi connectivity index (χ0n) is 11.0. The summed E-state index contributed by atoms with van der Waals surface area (Å²) in [4.78, 5) is 0. The van der Waals surface area contributed by atoms with E-state index in [0.29, 0.717) is 6.04 Å². The van der Waals surface area contributed by atoms with Crippen molar-refractivity contribution in [1.82, 2.24) is 5.32 Å². The molecule has 16 heavy (non-hydrogen) atoms. The van der Waals surface area contributed by atoms with Crippen molar-refractivity contribution >= 4 is 0 Å². The maximum Gasteiger partial charge on any atom is 0.0715 e. The molecule has 0 radical (unpaired) electrons. The van der Waals surface area contributed by atoms with Crippen molar-refractivity contribution < 1.29 is 0 Å². The van der Waals surface area contributed by atoms with Crippen LogP contribution >= 0.6 is 0 Å². The lowest BCUT2D eigenvalue weighted by atomic mass is 9.77. The summed E-state index contributed by atoms with van der Waals surface area (Å²) < 4.78 is 0. The Bertz CT molecular complexity index is 208. The van der Waals surface area contributed by atoms with Crippen molar-refractivity contribution in [1.29, 1.82) is 0 Å². The van der Waals surface area contributed by atoms with Crippen LogP contribution in [-0.4, -0.2) is 12.6 Å². The average Bonchev–Trinajstić information content (AvgIpc) is 2.32. The fourth-order valence-electron chi connectivity index (χ4n) is 2.88. The molecule has 1 nitrogen and oxygen atoms in total.